The average molecular weight is 311 g/mol. The summed E-state index contributed by atoms with van der Waals surface area (Å²) in [6.07, 6.45) is 3.18. The number of carboxylic acid groups (broad SMARTS) is 1. The van der Waals surface area contributed by atoms with Gasteiger partial charge in [-0.2, -0.15) is 0 Å². The zero-order valence-electron chi connectivity index (χ0n) is 12.4. The van der Waals surface area contributed by atoms with E-state index in [1.165, 1.54) is 11.3 Å². The number of carbonyl (C=O) groups is 2. The van der Waals surface area contributed by atoms with Gasteiger partial charge in [-0.25, -0.2) is 4.79 Å². The van der Waals surface area contributed by atoms with Crippen LogP contribution in [0.4, 0.5) is 5.00 Å². The molecule has 1 aromatic rings. The smallest absolute Gasteiger partial charge is 0.339 e. The number of carboxylic acids is 1. The van der Waals surface area contributed by atoms with Crippen LogP contribution in [-0.4, -0.2) is 30.2 Å². The minimum Gasteiger partial charge on any atom is -0.478 e. The lowest BCUT2D eigenvalue weighted by atomic mass is 10.1. The fraction of sp³-hybridized carbons (Fsp3) is 0.467. The van der Waals surface area contributed by atoms with Crippen molar-refractivity contribution in [3.8, 4) is 0 Å². The summed E-state index contributed by atoms with van der Waals surface area (Å²) in [6, 6.07) is 0. The lowest BCUT2D eigenvalue weighted by molar-refractivity contribution is -0.116. The number of rotatable bonds is 9. The zero-order valence-corrected chi connectivity index (χ0v) is 13.2. The Morgan fingerprint density at radius 3 is 2.76 bits per heavy atom. The molecular weight excluding hydrogens is 290 g/mol. The lowest BCUT2D eigenvalue weighted by Gasteiger charge is -2.05. The van der Waals surface area contributed by atoms with E-state index in [4.69, 9.17) is 4.74 Å². The summed E-state index contributed by atoms with van der Waals surface area (Å²) in [6.45, 7) is 8.26. The molecule has 1 rings (SSSR count). The van der Waals surface area contributed by atoms with E-state index in [2.05, 4.69) is 11.9 Å². The van der Waals surface area contributed by atoms with Gasteiger partial charge in [0.25, 0.3) is 0 Å². The van der Waals surface area contributed by atoms with Crippen molar-refractivity contribution in [3.05, 3.63) is 28.7 Å². The maximum atomic E-state index is 11.9. The van der Waals surface area contributed by atoms with E-state index in [1.807, 2.05) is 13.8 Å². The Labute approximate surface area is 128 Å². The standard InChI is InChI=1S/C15H21NO4S/c1-4-8-20-9-6-7-12(17)16-14-13(15(18)19)11(5-2)10(3)21-14/h4H,1,5-9H2,2-3H3,(H,16,17)(H,18,19). The number of carbonyl (C=O) groups excluding carboxylic acids is 1. The first-order valence-corrected chi connectivity index (χ1v) is 7.66. The van der Waals surface area contributed by atoms with Gasteiger partial charge in [-0.1, -0.05) is 13.0 Å². The third-order valence-corrected chi connectivity index (χ3v) is 4.02. The van der Waals surface area contributed by atoms with E-state index in [0.717, 1.165) is 10.4 Å². The molecule has 116 valence electrons. The van der Waals surface area contributed by atoms with E-state index in [1.54, 1.807) is 6.08 Å². The number of nitrogens with one attached hydrogen (secondary N) is 1. The Hall–Kier alpha value is -1.66. The molecule has 0 aliphatic carbocycles. The van der Waals surface area contributed by atoms with Gasteiger partial charge in [0.15, 0.2) is 0 Å². The van der Waals surface area contributed by atoms with Gasteiger partial charge < -0.3 is 15.2 Å². The minimum absolute atomic E-state index is 0.191. The fourth-order valence-electron chi connectivity index (χ4n) is 2.01. The Morgan fingerprint density at radius 1 is 1.48 bits per heavy atom. The third-order valence-electron chi connectivity index (χ3n) is 2.96. The molecule has 0 saturated carbocycles. The third kappa shape index (κ3) is 4.99. The van der Waals surface area contributed by atoms with Gasteiger partial charge in [-0.15, -0.1) is 17.9 Å². The van der Waals surface area contributed by atoms with E-state index >= 15 is 0 Å². The number of thiophene rings is 1. The van der Waals surface area contributed by atoms with Crippen molar-refractivity contribution in [2.45, 2.75) is 33.1 Å². The minimum atomic E-state index is -0.999. The second kappa shape index (κ2) is 8.59. The highest BCUT2D eigenvalue weighted by Gasteiger charge is 2.21. The summed E-state index contributed by atoms with van der Waals surface area (Å²) in [5.41, 5.74) is 1.01. The quantitative estimate of drug-likeness (QED) is 0.542. The monoisotopic (exact) mass is 311 g/mol. The summed E-state index contributed by atoms with van der Waals surface area (Å²) in [7, 11) is 0. The molecule has 0 atom stereocenters. The number of aromatic carboxylic acids is 1. The topological polar surface area (TPSA) is 75.6 Å². The highest BCUT2D eigenvalue weighted by atomic mass is 32.1. The lowest BCUT2D eigenvalue weighted by Crippen LogP contribution is -2.14. The van der Waals surface area contributed by atoms with Crippen LogP contribution in [0.15, 0.2) is 12.7 Å². The summed E-state index contributed by atoms with van der Waals surface area (Å²) in [4.78, 5) is 24.1. The van der Waals surface area contributed by atoms with Gasteiger partial charge in [0, 0.05) is 17.9 Å². The van der Waals surface area contributed by atoms with Gasteiger partial charge >= 0.3 is 5.97 Å². The maximum Gasteiger partial charge on any atom is 0.339 e. The molecule has 0 spiro atoms. The van der Waals surface area contributed by atoms with Crippen LogP contribution in [0.25, 0.3) is 0 Å². The van der Waals surface area contributed by atoms with Crippen LogP contribution in [-0.2, 0) is 16.0 Å². The van der Waals surface area contributed by atoms with Gasteiger partial charge in [0.05, 0.1) is 12.2 Å². The first kappa shape index (κ1) is 17.4. The van der Waals surface area contributed by atoms with Gasteiger partial charge in [-0.05, 0) is 25.3 Å². The molecule has 5 nitrogen and oxygen atoms in total. The Kier molecular flexibility index (Phi) is 7.11. The van der Waals surface area contributed by atoms with Crippen molar-refractivity contribution in [1.82, 2.24) is 0 Å². The molecular formula is C15H21NO4S. The molecule has 6 heteroatoms. The molecule has 0 aromatic carbocycles. The van der Waals surface area contributed by atoms with Crippen LogP contribution >= 0.6 is 11.3 Å². The van der Waals surface area contributed by atoms with Crippen LogP contribution in [0.2, 0.25) is 0 Å². The number of hydrogen-bond acceptors (Lipinski definition) is 4. The second-order valence-electron chi connectivity index (χ2n) is 4.51. The molecule has 0 aliphatic heterocycles. The Balaban J connectivity index is 2.64. The molecule has 1 heterocycles. The highest BCUT2D eigenvalue weighted by molar-refractivity contribution is 7.16. The average Bonchev–Trinajstić information content (AvgIpc) is 2.74. The second-order valence-corrected chi connectivity index (χ2v) is 5.74. The predicted molar refractivity (Wildman–Crippen MR) is 84.3 cm³/mol. The summed E-state index contributed by atoms with van der Waals surface area (Å²) in [5, 5.41) is 12.4. The Bertz CT molecular complexity index is 522. The van der Waals surface area contributed by atoms with Crippen LogP contribution in [0.5, 0.6) is 0 Å². The SMILES string of the molecule is C=CCOCCCC(=O)Nc1sc(C)c(CC)c1C(=O)O. The molecule has 0 fully saturated rings. The fourth-order valence-corrected chi connectivity index (χ4v) is 3.16. The van der Waals surface area contributed by atoms with E-state index in [9.17, 15) is 14.7 Å². The van der Waals surface area contributed by atoms with Crippen LogP contribution in [0, 0.1) is 6.92 Å². The Morgan fingerprint density at radius 2 is 2.19 bits per heavy atom. The summed E-state index contributed by atoms with van der Waals surface area (Å²) >= 11 is 1.31. The van der Waals surface area contributed by atoms with Gasteiger partial charge in [-0.3, -0.25) is 4.79 Å². The first-order chi connectivity index (χ1) is 10.0. The number of ether oxygens (including phenoxy) is 1. The molecule has 0 saturated heterocycles. The molecule has 0 bridgehead atoms. The molecule has 0 unspecified atom stereocenters. The van der Waals surface area contributed by atoms with E-state index in [-0.39, 0.29) is 11.5 Å². The van der Waals surface area contributed by atoms with Crippen molar-refractivity contribution < 1.29 is 19.4 Å². The van der Waals surface area contributed by atoms with Crippen LogP contribution in [0.3, 0.4) is 0 Å². The van der Waals surface area contributed by atoms with Gasteiger partial charge in [0.1, 0.15) is 5.00 Å². The normalized spacial score (nSPS) is 10.4. The van der Waals surface area contributed by atoms with E-state index in [0.29, 0.717) is 37.5 Å². The van der Waals surface area contributed by atoms with Crippen molar-refractivity contribution in [2.75, 3.05) is 18.5 Å². The number of amides is 1. The number of anilines is 1. The zero-order chi connectivity index (χ0) is 15.8. The molecule has 21 heavy (non-hydrogen) atoms. The van der Waals surface area contributed by atoms with E-state index < -0.39 is 5.97 Å². The van der Waals surface area contributed by atoms with Crippen LogP contribution in [0.1, 0.15) is 40.6 Å². The molecule has 1 amide bonds. The van der Waals surface area contributed by atoms with Crippen molar-refractivity contribution in [1.29, 1.82) is 0 Å². The summed E-state index contributed by atoms with van der Waals surface area (Å²) in [5.74, 6) is -1.19. The highest BCUT2D eigenvalue weighted by Crippen LogP contribution is 2.33. The first-order valence-electron chi connectivity index (χ1n) is 6.85. The molecule has 2 N–H and O–H groups in total. The van der Waals surface area contributed by atoms with Crippen molar-refractivity contribution >= 4 is 28.2 Å². The van der Waals surface area contributed by atoms with Crippen LogP contribution < -0.4 is 5.32 Å². The van der Waals surface area contributed by atoms with Crippen molar-refractivity contribution in [2.24, 2.45) is 0 Å². The number of hydrogen-bond donors (Lipinski definition) is 2. The largest absolute Gasteiger partial charge is 0.478 e. The molecule has 0 radical (unpaired) electrons. The predicted octanol–water partition coefficient (Wildman–Crippen LogP) is 3.24. The number of aryl methyl sites for hydroxylation is 1. The molecule has 1 aromatic heterocycles. The summed E-state index contributed by atoms with van der Waals surface area (Å²) < 4.78 is 5.20. The molecule has 0 aliphatic rings. The maximum absolute atomic E-state index is 11.9. The van der Waals surface area contributed by atoms with Gasteiger partial charge in [0.2, 0.25) is 5.91 Å². The van der Waals surface area contributed by atoms with Crippen molar-refractivity contribution in [3.63, 3.8) is 0 Å².